The Labute approximate surface area is 134 Å². The Morgan fingerprint density at radius 1 is 1.30 bits per heavy atom. The van der Waals surface area contributed by atoms with Gasteiger partial charge < -0.3 is 15.7 Å². The maximum atomic E-state index is 12.8. The summed E-state index contributed by atoms with van der Waals surface area (Å²) in [7, 11) is -3.76. The van der Waals surface area contributed by atoms with Crippen molar-refractivity contribution in [3.8, 4) is 0 Å². The molecule has 2 rings (SSSR count). The normalized spacial score (nSPS) is 21.3. The molecule has 1 aromatic rings. The molecule has 1 aliphatic rings. The van der Waals surface area contributed by atoms with Crippen LogP contribution in [0.3, 0.4) is 0 Å². The molecule has 0 aromatic heterocycles. The van der Waals surface area contributed by atoms with Gasteiger partial charge in [0.25, 0.3) is 0 Å². The van der Waals surface area contributed by atoms with Crippen molar-refractivity contribution in [2.75, 3.05) is 26.2 Å². The van der Waals surface area contributed by atoms with Crippen molar-refractivity contribution in [3.05, 3.63) is 30.1 Å². The summed E-state index contributed by atoms with van der Waals surface area (Å²) in [4.78, 5) is 11.6. The Hall–Kier alpha value is -1.55. The molecule has 0 radical (unpaired) electrons. The largest absolute Gasteiger partial charge is 0.391 e. The minimum Gasteiger partial charge on any atom is -0.391 e. The molecule has 0 spiro atoms. The molecule has 0 aliphatic carbocycles. The first kappa shape index (κ1) is 17.8. The third kappa shape index (κ3) is 5.24. The fraction of sp³-hybridized carbons (Fsp3) is 0.500. The summed E-state index contributed by atoms with van der Waals surface area (Å²) in [5.74, 6) is -0.854. The summed E-state index contributed by atoms with van der Waals surface area (Å²) < 4.78 is 38.9. The van der Waals surface area contributed by atoms with Crippen LogP contribution in [0.1, 0.15) is 6.42 Å². The molecule has 1 fully saturated rings. The maximum Gasteiger partial charge on any atom is 0.240 e. The fourth-order valence-electron chi connectivity index (χ4n) is 2.26. The number of sulfonamides is 1. The molecule has 2 unspecified atom stereocenters. The lowest BCUT2D eigenvalue weighted by Crippen LogP contribution is -2.36. The lowest BCUT2D eigenvalue weighted by molar-refractivity contribution is -0.121. The number of benzene rings is 1. The standard InChI is InChI=1S/C14H20FN3O4S/c15-11-1-3-12(4-2-11)23(21,22)18-6-5-14(20)17-8-10-7-16-9-13(10)19/h1-4,10,13,16,18-19H,5-9H2,(H,17,20). The number of rotatable bonds is 7. The number of hydrogen-bond donors (Lipinski definition) is 4. The van der Waals surface area contributed by atoms with Crippen LogP contribution in [-0.4, -0.2) is 51.7 Å². The smallest absolute Gasteiger partial charge is 0.240 e. The highest BCUT2D eigenvalue weighted by Gasteiger charge is 2.25. The molecule has 1 heterocycles. The van der Waals surface area contributed by atoms with E-state index in [1.54, 1.807) is 0 Å². The summed E-state index contributed by atoms with van der Waals surface area (Å²) in [6.07, 6.45) is -0.497. The molecule has 4 N–H and O–H groups in total. The monoisotopic (exact) mass is 345 g/mol. The van der Waals surface area contributed by atoms with Gasteiger partial charge >= 0.3 is 0 Å². The summed E-state index contributed by atoms with van der Waals surface area (Å²) in [5, 5.41) is 15.3. The van der Waals surface area contributed by atoms with Gasteiger partial charge in [0, 0.05) is 38.5 Å². The van der Waals surface area contributed by atoms with Gasteiger partial charge in [-0.25, -0.2) is 17.5 Å². The van der Waals surface area contributed by atoms with Crippen LogP contribution in [0.2, 0.25) is 0 Å². The zero-order valence-electron chi connectivity index (χ0n) is 12.5. The van der Waals surface area contributed by atoms with E-state index in [0.717, 1.165) is 24.3 Å². The Bertz CT molecular complexity index is 636. The summed E-state index contributed by atoms with van der Waals surface area (Å²) in [6, 6.07) is 4.43. The van der Waals surface area contributed by atoms with Crippen molar-refractivity contribution in [2.45, 2.75) is 17.4 Å². The van der Waals surface area contributed by atoms with Gasteiger partial charge in [0.1, 0.15) is 5.82 Å². The van der Waals surface area contributed by atoms with Gasteiger partial charge in [-0.2, -0.15) is 0 Å². The minimum atomic E-state index is -3.76. The number of carbonyl (C=O) groups excluding carboxylic acids is 1. The SMILES string of the molecule is O=C(CCNS(=O)(=O)c1ccc(F)cc1)NCC1CNCC1O. The number of nitrogens with one attached hydrogen (secondary N) is 3. The second-order valence-electron chi connectivity index (χ2n) is 5.39. The fourth-order valence-corrected chi connectivity index (χ4v) is 3.29. The van der Waals surface area contributed by atoms with E-state index in [9.17, 15) is 22.7 Å². The number of carbonyl (C=O) groups is 1. The predicted octanol–water partition coefficient (Wildman–Crippen LogP) is -0.809. The topological polar surface area (TPSA) is 108 Å². The van der Waals surface area contributed by atoms with E-state index in [0.29, 0.717) is 19.6 Å². The van der Waals surface area contributed by atoms with Gasteiger partial charge in [-0.15, -0.1) is 0 Å². The average molecular weight is 345 g/mol. The summed E-state index contributed by atoms with van der Waals surface area (Å²) >= 11 is 0. The summed E-state index contributed by atoms with van der Waals surface area (Å²) in [6.45, 7) is 1.44. The van der Waals surface area contributed by atoms with Crippen molar-refractivity contribution in [3.63, 3.8) is 0 Å². The number of hydrogen-bond acceptors (Lipinski definition) is 5. The number of aliphatic hydroxyl groups excluding tert-OH is 1. The second-order valence-corrected chi connectivity index (χ2v) is 7.16. The first-order chi connectivity index (χ1) is 10.9. The van der Waals surface area contributed by atoms with Crippen molar-refractivity contribution in [1.82, 2.24) is 15.4 Å². The van der Waals surface area contributed by atoms with E-state index in [2.05, 4.69) is 15.4 Å². The van der Waals surface area contributed by atoms with Crippen molar-refractivity contribution in [2.24, 2.45) is 5.92 Å². The lowest BCUT2D eigenvalue weighted by atomic mass is 10.1. The Morgan fingerprint density at radius 2 is 2.00 bits per heavy atom. The molecule has 2 atom stereocenters. The second kappa shape index (κ2) is 7.82. The number of β-amino-alcohol motifs (C(OH)–C–C–N with tert-alkyl or cyclic N) is 1. The van der Waals surface area contributed by atoms with Crippen LogP contribution in [0, 0.1) is 11.7 Å². The van der Waals surface area contributed by atoms with Crippen LogP contribution in [0.5, 0.6) is 0 Å². The van der Waals surface area contributed by atoms with Crippen LogP contribution >= 0.6 is 0 Å². The van der Waals surface area contributed by atoms with Crippen molar-refractivity contribution < 1.29 is 22.7 Å². The number of aliphatic hydroxyl groups is 1. The van der Waals surface area contributed by atoms with Crippen LogP contribution < -0.4 is 15.4 Å². The maximum absolute atomic E-state index is 12.8. The number of halogens is 1. The molecule has 1 aliphatic heterocycles. The predicted molar refractivity (Wildman–Crippen MR) is 81.6 cm³/mol. The summed E-state index contributed by atoms with van der Waals surface area (Å²) in [5.41, 5.74) is 0. The lowest BCUT2D eigenvalue weighted by Gasteiger charge is -2.14. The Morgan fingerprint density at radius 3 is 2.61 bits per heavy atom. The van der Waals surface area contributed by atoms with Crippen molar-refractivity contribution in [1.29, 1.82) is 0 Å². The Kier molecular flexibility index (Phi) is 6.05. The van der Waals surface area contributed by atoms with Crippen LogP contribution in [0.15, 0.2) is 29.2 Å². The quantitative estimate of drug-likeness (QED) is 0.517. The molecule has 1 aromatic carbocycles. The molecule has 128 valence electrons. The van der Waals surface area contributed by atoms with Gasteiger partial charge in [0.2, 0.25) is 15.9 Å². The molecule has 7 nitrogen and oxygen atoms in total. The van der Waals surface area contributed by atoms with Gasteiger partial charge in [-0.1, -0.05) is 0 Å². The third-order valence-electron chi connectivity index (χ3n) is 3.63. The third-order valence-corrected chi connectivity index (χ3v) is 5.11. The molecule has 0 bridgehead atoms. The van der Waals surface area contributed by atoms with E-state index >= 15 is 0 Å². The molecule has 1 saturated heterocycles. The average Bonchev–Trinajstić information content (AvgIpc) is 2.91. The van der Waals surface area contributed by atoms with Gasteiger partial charge in [0.05, 0.1) is 11.0 Å². The zero-order chi connectivity index (χ0) is 16.9. The highest BCUT2D eigenvalue weighted by molar-refractivity contribution is 7.89. The molecule has 0 saturated carbocycles. The van der Waals surface area contributed by atoms with Crippen LogP contribution in [0.25, 0.3) is 0 Å². The molecular weight excluding hydrogens is 325 g/mol. The van der Waals surface area contributed by atoms with E-state index in [1.807, 2.05) is 0 Å². The molecule has 9 heteroatoms. The van der Waals surface area contributed by atoms with E-state index in [-0.39, 0.29) is 29.7 Å². The molecule has 23 heavy (non-hydrogen) atoms. The molecule has 1 amide bonds. The zero-order valence-corrected chi connectivity index (χ0v) is 13.3. The van der Waals surface area contributed by atoms with Crippen molar-refractivity contribution >= 4 is 15.9 Å². The van der Waals surface area contributed by atoms with E-state index in [1.165, 1.54) is 0 Å². The Balaban J connectivity index is 1.73. The first-order valence-corrected chi connectivity index (χ1v) is 8.77. The minimum absolute atomic E-state index is 0.0172. The van der Waals surface area contributed by atoms with Crippen LogP contribution in [-0.2, 0) is 14.8 Å². The van der Waals surface area contributed by atoms with Gasteiger partial charge in [0.15, 0.2) is 0 Å². The highest BCUT2D eigenvalue weighted by atomic mass is 32.2. The number of amides is 1. The van der Waals surface area contributed by atoms with E-state index < -0.39 is 21.9 Å². The van der Waals surface area contributed by atoms with Crippen LogP contribution in [0.4, 0.5) is 4.39 Å². The van der Waals surface area contributed by atoms with Gasteiger partial charge in [-0.3, -0.25) is 4.79 Å². The first-order valence-electron chi connectivity index (χ1n) is 7.29. The molecular formula is C14H20FN3O4S. The van der Waals surface area contributed by atoms with Gasteiger partial charge in [-0.05, 0) is 24.3 Å². The van der Waals surface area contributed by atoms with E-state index in [4.69, 9.17) is 0 Å². The highest BCUT2D eigenvalue weighted by Crippen LogP contribution is 2.09.